The van der Waals surface area contributed by atoms with Crippen molar-refractivity contribution in [1.29, 1.82) is 0 Å². The molecule has 1 heterocycles. The lowest BCUT2D eigenvalue weighted by atomic mass is 10.3. The summed E-state index contributed by atoms with van der Waals surface area (Å²) in [6.45, 7) is 2.42. The van der Waals surface area contributed by atoms with Crippen molar-refractivity contribution in [2.45, 2.75) is 13.3 Å². The van der Waals surface area contributed by atoms with E-state index in [1.165, 1.54) is 6.08 Å². The minimum absolute atomic E-state index is 0.0611. The molecule has 0 atom stereocenters. The Kier molecular flexibility index (Phi) is 3.82. The van der Waals surface area contributed by atoms with E-state index in [0.29, 0.717) is 6.54 Å². The highest BCUT2D eigenvalue weighted by Gasteiger charge is 1.96. The molecule has 0 aliphatic carbocycles. The van der Waals surface area contributed by atoms with Gasteiger partial charge in [0.1, 0.15) is 5.76 Å². The lowest BCUT2D eigenvalue weighted by molar-refractivity contribution is -0.116. The number of hydrogen-bond acceptors (Lipinski definition) is 2. The van der Waals surface area contributed by atoms with Crippen LogP contribution in [0.3, 0.4) is 0 Å². The number of carbonyl (C=O) groups excluding carboxylic acids is 1. The van der Waals surface area contributed by atoms with Crippen LogP contribution in [0.25, 0.3) is 0 Å². The normalized spacial score (nSPS) is 10.5. The van der Waals surface area contributed by atoms with E-state index in [1.54, 1.807) is 12.3 Å². The van der Waals surface area contributed by atoms with E-state index in [-0.39, 0.29) is 5.91 Å². The summed E-state index contributed by atoms with van der Waals surface area (Å²) in [5.41, 5.74) is 0. The molecule has 1 aromatic heterocycles. The summed E-state index contributed by atoms with van der Waals surface area (Å²) < 4.78 is 5.11. The van der Waals surface area contributed by atoms with Gasteiger partial charge >= 0.3 is 0 Å². The minimum atomic E-state index is -0.0611. The van der Waals surface area contributed by atoms with Crippen LogP contribution < -0.4 is 5.32 Å². The molecule has 1 rings (SSSR count). The number of rotatable bonds is 4. The van der Waals surface area contributed by atoms with Gasteiger partial charge in [0, 0.05) is 13.0 Å². The van der Waals surface area contributed by atoms with Crippen LogP contribution in [0.4, 0.5) is 0 Å². The molecule has 13 heavy (non-hydrogen) atoms. The SMILES string of the molecule is CC=CC(=O)NCCc1ccco1. The summed E-state index contributed by atoms with van der Waals surface area (Å²) in [5.74, 6) is 0.829. The van der Waals surface area contributed by atoms with E-state index in [2.05, 4.69) is 5.32 Å². The van der Waals surface area contributed by atoms with Crippen molar-refractivity contribution in [1.82, 2.24) is 5.32 Å². The van der Waals surface area contributed by atoms with Gasteiger partial charge in [-0.05, 0) is 25.1 Å². The van der Waals surface area contributed by atoms with Crippen LogP contribution in [0.15, 0.2) is 35.0 Å². The molecular formula is C10H13NO2. The van der Waals surface area contributed by atoms with E-state index in [0.717, 1.165) is 12.2 Å². The number of furan rings is 1. The molecule has 0 radical (unpaired) electrons. The number of nitrogens with one attached hydrogen (secondary N) is 1. The minimum Gasteiger partial charge on any atom is -0.469 e. The Balaban J connectivity index is 2.18. The van der Waals surface area contributed by atoms with Crippen LogP contribution in [0.2, 0.25) is 0 Å². The van der Waals surface area contributed by atoms with Crippen molar-refractivity contribution in [2.75, 3.05) is 6.54 Å². The van der Waals surface area contributed by atoms with Crippen LogP contribution in [0.5, 0.6) is 0 Å². The highest BCUT2D eigenvalue weighted by molar-refractivity contribution is 5.87. The quantitative estimate of drug-likeness (QED) is 0.712. The second-order valence-corrected chi connectivity index (χ2v) is 2.62. The first kappa shape index (κ1) is 9.58. The fourth-order valence-electron chi connectivity index (χ4n) is 0.974. The van der Waals surface area contributed by atoms with E-state index < -0.39 is 0 Å². The standard InChI is InChI=1S/C10H13NO2/c1-2-4-10(12)11-7-6-9-5-3-8-13-9/h2-5,8H,6-7H2,1H3,(H,11,12). The van der Waals surface area contributed by atoms with Crippen molar-refractivity contribution in [3.8, 4) is 0 Å². The average molecular weight is 179 g/mol. The monoisotopic (exact) mass is 179 g/mol. The lowest BCUT2D eigenvalue weighted by Gasteiger charge is -1.98. The van der Waals surface area contributed by atoms with Crippen molar-refractivity contribution >= 4 is 5.91 Å². The maximum Gasteiger partial charge on any atom is 0.243 e. The molecule has 3 nitrogen and oxygen atoms in total. The fraction of sp³-hybridized carbons (Fsp3) is 0.300. The molecule has 1 amide bonds. The predicted molar refractivity (Wildman–Crippen MR) is 50.2 cm³/mol. The maximum atomic E-state index is 10.9. The van der Waals surface area contributed by atoms with Crippen molar-refractivity contribution in [2.24, 2.45) is 0 Å². The summed E-state index contributed by atoms with van der Waals surface area (Å²) in [6.07, 6.45) is 5.57. The Morgan fingerprint density at radius 3 is 3.15 bits per heavy atom. The Morgan fingerprint density at radius 1 is 1.69 bits per heavy atom. The van der Waals surface area contributed by atoms with Crippen LogP contribution in [0, 0.1) is 0 Å². The van der Waals surface area contributed by atoms with Gasteiger partial charge in [-0.3, -0.25) is 4.79 Å². The van der Waals surface area contributed by atoms with Gasteiger partial charge in [-0.2, -0.15) is 0 Å². The van der Waals surface area contributed by atoms with E-state index in [1.807, 2.05) is 19.1 Å². The third kappa shape index (κ3) is 3.60. The zero-order valence-corrected chi connectivity index (χ0v) is 7.62. The maximum absolute atomic E-state index is 10.9. The Bertz CT molecular complexity index is 275. The predicted octanol–water partition coefficient (Wildman–Crippen LogP) is 1.51. The van der Waals surface area contributed by atoms with Gasteiger partial charge in [0.25, 0.3) is 0 Å². The molecule has 0 spiro atoms. The summed E-state index contributed by atoms with van der Waals surface area (Å²) in [5, 5.41) is 2.74. The van der Waals surface area contributed by atoms with Gasteiger partial charge in [-0.25, -0.2) is 0 Å². The highest BCUT2D eigenvalue weighted by Crippen LogP contribution is 1.99. The van der Waals surface area contributed by atoms with Crippen molar-refractivity contribution in [3.63, 3.8) is 0 Å². The first-order chi connectivity index (χ1) is 6.33. The first-order valence-electron chi connectivity index (χ1n) is 4.26. The average Bonchev–Trinajstić information content (AvgIpc) is 2.57. The molecule has 0 aliphatic heterocycles. The topological polar surface area (TPSA) is 42.2 Å². The Labute approximate surface area is 77.4 Å². The second kappa shape index (κ2) is 5.19. The molecule has 0 saturated carbocycles. The van der Waals surface area contributed by atoms with Gasteiger partial charge in [0.15, 0.2) is 0 Å². The molecule has 70 valence electrons. The summed E-state index contributed by atoms with van der Waals surface area (Å²) in [7, 11) is 0. The second-order valence-electron chi connectivity index (χ2n) is 2.62. The number of allylic oxidation sites excluding steroid dienone is 1. The van der Waals surface area contributed by atoms with Gasteiger partial charge in [-0.15, -0.1) is 0 Å². The molecule has 0 bridgehead atoms. The van der Waals surface area contributed by atoms with Gasteiger partial charge < -0.3 is 9.73 Å². The molecule has 0 saturated heterocycles. The summed E-state index contributed by atoms with van der Waals surface area (Å²) in [6, 6.07) is 3.73. The molecule has 3 heteroatoms. The molecule has 0 aromatic carbocycles. The van der Waals surface area contributed by atoms with Crippen LogP contribution in [-0.4, -0.2) is 12.5 Å². The zero-order valence-electron chi connectivity index (χ0n) is 7.62. The summed E-state index contributed by atoms with van der Waals surface area (Å²) >= 11 is 0. The van der Waals surface area contributed by atoms with E-state index in [4.69, 9.17) is 4.42 Å². The van der Waals surface area contributed by atoms with E-state index in [9.17, 15) is 4.79 Å². The smallest absolute Gasteiger partial charge is 0.243 e. The zero-order chi connectivity index (χ0) is 9.52. The molecule has 0 fully saturated rings. The molecular weight excluding hydrogens is 166 g/mol. The van der Waals surface area contributed by atoms with Crippen molar-refractivity contribution < 1.29 is 9.21 Å². The third-order valence-corrected chi connectivity index (χ3v) is 1.57. The van der Waals surface area contributed by atoms with Gasteiger partial charge in [0.2, 0.25) is 5.91 Å². The summed E-state index contributed by atoms with van der Waals surface area (Å²) in [4.78, 5) is 10.9. The first-order valence-corrected chi connectivity index (χ1v) is 4.26. The molecule has 1 N–H and O–H groups in total. The van der Waals surface area contributed by atoms with Crippen LogP contribution >= 0.6 is 0 Å². The lowest BCUT2D eigenvalue weighted by Crippen LogP contribution is -2.23. The van der Waals surface area contributed by atoms with Gasteiger partial charge in [0.05, 0.1) is 6.26 Å². The number of hydrogen-bond donors (Lipinski definition) is 1. The third-order valence-electron chi connectivity index (χ3n) is 1.57. The molecule has 0 aliphatic rings. The Morgan fingerprint density at radius 2 is 2.54 bits per heavy atom. The van der Waals surface area contributed by atoms with Crippen molar-refractivity contribution in [3.05, 3.63) is 36.3 Å². The Hall–Kier alpha value is -1.51. The van der Waals surface area contributed by atoms with Crippen LogP contribution in [0.1, 0.15) is 12.7 Å². The molecule has 0 unspecified atom stereocenters. The fourth-order valence-corrected chi connectivity index (χ4v) is 0.974. The highest BCUT2D eigenvalue weighted by atomic mass is 16.3. The van der Waals surface area contributed by atoms with Crippen LogP contribution in [-0.2, 0) is 11.2 Å². The number of carbonyl (C=O) groups is 1. The van der Waals surface area contributed by atoms with E-state index >= 15 is 0 Å². The largest absolute Gasteiger partial charge is 0.469 e. The van der Waals surface area contributed by atoms with Gasteiger partial charge in [-0.1, -0.05) is 6.08 Å². The number of amides is 1. The molecule has 1 aromatic rings.